The van der Waals surface area contributed by atoms with Crippen LogP contribution >= 0.6 is 0 Å². The van der Waals surface area contributed by atoms with Crippen LogP contribution in [0.3, 0.4) is 0 Å². The van der Waals surface area contributed by atoms with Gasteiger partial charge in [0.15, 0.2) is 5.43 Å². The lowest BCUT2D eigenvalue weighted by atomic mass is 10.1. The minimum absolute atomic E-state index is 0.0864. The number of aromatic amines is 1. The van der Waals surface area contributed by atoms with Gasteiger partial charge in [-0.1, -0.05) is 42.5 Å². The molecule has 0 spiro atoms. The van der Waals surface area contributed by atoms with E-state index in [1.54, 1.807) is 6.07 Å². The molecule has 3 heterocycles. The van der Waals surface area contributed by atoms with Crippen LogP contribution in [0.4, 0.5) is 0 Å². The fourth-order valence-electron chi connectivity index (χ4n) is 4.66. The number of benzene rings is 2. The number of nitrogens with zero attached hydrogens (tertiary/aromatic N) is 3. The lowest BCUT2D eigenvalue weighted by Crippen LogP contribution is -2.34. The van der Waals surface area contributed by atoms with Crippen LogP contribution in [0.1, 0.15) is 34.9 Å². The molecule has 1 aliphatic heterocycles. The zero-order valence-corrected chi connectivity index (χ0v) is 18.0. The van der Waals surface area contributed by atoms with Crippen LogP contribution in [-0.4, -0.2) is 26.0 Å². The highest BCUT2D eigenvalue weighted by Crippen LogP contribution is 2.21. The third-order valence-corrected chi connectivity index (χ3v) is 6.26. The first-order valence-corrected chi connectivity index (χ1v) is 11.1. The monoisotopic (exact) mass is 412 g/mol. The first-order valence-electron chi connectivity index (χ1n) is 11.1. The molecule has 0 atom stereocenters. The van der Waals surface area contributed by atoms with E-state index in [1.807, 2.05) is 24.3 Å². The van der Waals surface area contributed by atoms with Gasteiger partial charge in [0, 0.05) is 55.3 Å². The number of aryl methyl sites for hydroxylation is 3. The molecule has 4 aromatic rings. The van der Waals surface area contributed by atoms with Crippen LogP contribution in [0, 0.1) is 6.92 Å². The van der Waals surface area contributed by atoms with Gasteiger partial charge in [0.1, 0.15) is 5.82 Å². The second-order valence-corrected chi connectivity index (χ2v) is 8.47. The molecule has 31 heavy (non-hydrogen) atoms. The highest BCUT2D eigenvalue weighted by molar-refractivity contribution is 5.78. The summed E-state index contributed by atoms with van der Waals surface area (Å²) in [5.74, 6) is 1.21. The average molecular weight is 413 g/mol. The molecule has 0 saturated heterocycles. The molecule has 5 nitrogen and oxygen atoms in total. The molecule has 1 N–H and O–H groups in total. The highest BCUT2D eigenvalue weighted by atomic mass is 16.1. The molecule has 0 unspecified atom stereocenters. The quantitative estimate of drug-likeness (QED) is 0.516. The Morgan fingerprint density at radius 3 is 2.68 bits per heavy atom. The lowest BCUT2D eigenvalue weighted by Gasteiger charge is -2.29. The smallest absolute Gasteiger partial charge is 0.189 e. The van der Waals surface area contributed by atoms with Crippen molar-refractivity contribution in [3.05, 3.63) is 99.4 Å². The summed E-state index contributed by atoms with van der Waals surface area (Å²) in [5, 5.41) is 0.749. The number of pyridine rings is 1. The summed E-state index contributed by atoms with van der Waals surface area (Å²) in [6.45, 7) is 5.65. The van der Waals surface area contributed by atoms with Crippen molar-refractivity contribution in [3.63, 3.8) is 0 Å². The normalized spacial score (nSPS) is 14.1. The number of hydrogen-bond donors (Lipinski definition) is 1. The molecule has 0 fully saturated rings. The Hall–Kier alpha value is -3.18. The first-order chi connectivity index (χ1) is 15.2. The molecule has 0 saturated carbocycles. The van der Waals surface area contributed by atoms with Crippen molar-refractivity contribution in [2.24, 2.45) is 0 Å². The molecular weight excluding hydrogens is 384 g/mol. The number of aromatic nitrogens is 3. The molecule has 5 heteroatoms. The van der Waals surface area contributed by atoms with Gasteiger partial charge in [-0.15, -0.1) is 0 Å². The van der Waals surface area contributed by atoms with Gasteiger partial charge in [-0.3, -0.25) is 9.69 Å². The lowest BCUT2D eigenvalue weighted by molar-refractivity contribution is 0.208. The predicted molar refractivity (Wildman–Crippen MR) is 124 cm³/mol. The van der Waals surface area contributed by atoms with Crippen molar-refractivity contribution in [2.45, 2.75) is 45.8 Å². The second kappa shape index (κ2) is 8.52. The summed E-state index contributed by atoms with van der Waals surface area (Å²) in [6.07, 6.45) is 3.21. The summed E-state index contributed by atoms with van der Waals surface area (Å²) in [4.78, 5) is 23.2. The molecule has 1 aliphatic rings. The van der Waals surface area contributed by atoms with Crippen LogP contribution < -0.4 is 5.43 Å². The Balaban J connectivity index is 1.27. The van der Waals surface area contributed by atoms with Gasteiger partial charge in [-0.2, -0.15) is 0 Å². The fraction of sp³-hybridized carbons (Fsp3) is 0.308. The van der Waals surface area contributed by atoms with Gasteiger partial charge in [0.05, 0.1) is 11.4 Å². The summed E-state index contributed by atoms with van der Waals surface area (Å²) in [6, 6.07) is 20.1. The van der Waals surface area contributed by atoms with E-state index in [2.05, 4.69) is 51.7 Å². The van der Waals surface area contributed by atoms with E-state index in [9.17, 15) is 4.79 Å². The second-order valence-electron chi connectivity index (χ2n) is 8.47. The van der Waals surface area contributed by atoms with Crippen molar-refractivity contribution in [1.29, 1.82) is 0 Å². The summed E-state index contributed by atoms with van der Waals surface area (Å²) in [5.41, 5.74) is 5.79. The van der Waals surface area contributed by atoms with Crippen molar-refractivity contribution < 1.29 is 0 Å². The largest absolute Gasteiger partial charge is 0.357 e. The molecule has 0 bridgehead atoms. The molecule has 2 aromatic carbocycles. The highest BCUT2D eigenvalue weighted by Gasteiger charge is 2.22. The summed E-state index contributed by atoms with van der Waals surface area (Å²) >= 11 is 0. The van der Waals surface area contributed by atoms with Gasteiger partial charge in [-0.05, 0) is 37.5 Å². The molecular formula is C26H28N4O. The fourth-order valence-corrected chi connectivity index (χ4v) is 4.66. The van der Waals surface area contributed by atoms with E-state index in [1.165, 1.54) is 17.1 Å². The maximum absolute atomic E-state index is 12.4. The summed E-state index contributed by atoms with van der Waals surface area (Å²) in [7, 11) is 0. The Kier molecular flexibility index (Phi) is 5.43. The third kappa shape index (κ3) is 4.19. The zero-order chi connectivity index (χ0) is 21.2. The van der Waals surface area contributed by atoms with E-state index in [0.717, 1.165) is 67.7 Å². The first kappa shape index (κ1) is 19.8. The molecule has 5 rings (SSSR count). The number of hydrogen-bond acceptors (Lipinski definition) is 3. The van der Waals surface area contributed by atoms with Crippen molar-refractivity contribution in [2.75, 3.05) is 6.54 Å². The van der Waals surface area contributed by atoms with Crippen LogP contribution in [0.25, 0.3) is 10.9 Å². The summed E-state index contributed by atoms with van der Waals surface area (Å²) < 4.78 is 2.42. The van der Waals surface area contributed by atoms with Crippen LogP contribution in [-0.2, 0) is 32.5 Å². The number of H-pyrrole nitrogens is 1. The van der Waals surface area contributed by atoms with E-state index in [4.69, 9.17) is 4.98 Å². The van der Waals surface area contributed by atoms with E-state index in [0.29, 0.717) is 0 Å². The number of nitrogens with one attached hydrogen (secondary N) is 1. The molecule has 0 aliphatic carbocycles. The van der Waals surface area contributed by atoms with E-state index < -0.39 is 0 Å². The molecule has 0 amide bonds. The van der Waals surface area contributed by atoms with Crippen LogP contribution in [0.15, 0.2) is 65.5 Å². The predicted octanol–water partition coefficient (Wildman–Crippen LogP) is 4.22. The third-order valence-electron chi connectivity index (χ3n) is 6.26. The molecule has 2 aromatic heterocycles. The minimum atomic E-state index is 0.0864. The SMILES string of the molecule is Cc1nc(CCCc2ccccc2)n2c1CN(Cc1cc(=O)c3ccccc3[nH]1)CC2. The Morgan fingerprint density at radius 2 is 1.81 bits per heavy atom. The zero-order valence-electron chi connectivity index (χ0n) is 18.0. The average Bonchev–Trinajstić information content (AvgIpc) is 3.09. The van der Waals surface area contributed by atoms with E-state index in [-0.39, 0.29) is 5.43 Å². The number of para-hydroxylation sites is 1. The van der Waals surface area contributed by atoms with E-state index >= 15 is 0 Å². The Labute approximate surface area is 182 Å². The van der Waals surface area contributed by atoms with Crippen LogP contribution in [0.5, 0.6) is 0 Å². The van der Waals surface area contributed by atoms with Gasteiger partial charge in [-0.25, -0.2) is 4.98 Å². The number of rotatable bonds is 6. The van der Waals surface area contributed by atoms with Gasteiger partial charge >= 0.3 is 0 Å². The molecule has 158 valence electrons. The Bertz CT molecular complexity index is 1260. The number of fused-ring (bicyclic) bond motifs is 2. The minimum Gasteiger partial charge on any atom is -0.357 e. The van der Waals surface area contributed by atoms with Gasteiger partial charge in [0.25, 0.3) is 0 Å². The standard InChI is InChI=1S/C26H28N4O/c1-19-24-18-29(17-21-16-25(31)22-11-5-6-12-23(22)28-21)14-15-30(24)26(27-19)13-7-10-20-8-3-2-4-9-20/h2-6,8-9,11-12,16H,7,10,13-15,17-18H2,1H3,(H,28,31). The Morgan fingerprint density at radius 1 is 1.00 bits per heavy atom. The van der Waals surface area contributed by atoms with Crippen molar-refractivity contribution in [1.82, 2.24) is 19.4 Å². The van der Waals surface area contributed by atoms with Crippen molar-refractivity contribution >= 4 is 10.9 Å². The number of imidazole rings is 1. The van der Waals surface area contributed by atoms with Crippen molar-refractivity contribution in [3.8, 4) is 0 Å². The van der Waals surface area contributed by atoms with Crippen LogP contribution in [0.2, 0.25) is 0 Å². The van der Waals surface area contributed by atoms with Gasteiger partial charge < -0.3 is 9.55 Å². The maximum atomic E-state index is 12.4. The molecule has 0 radical (unpaired) electrons. The maximum Gasteiger partial charge on any atom is 0.189 e. The topological polar surface area (TPSA) is 53.9 Å². The van der Waals surface area contributed by atoms with Gasteiger partial charge in [0.2, 0.25) is 0 Å².